The van der Waals surface area contributed by atoms with Crippen molar-refractivity contribution >= 4 is 5.91 Å². The van der Waals surface area contributed by atoms with Gasteiger partial charge in [0.15, 0.2) is 0 Å². The largest absolute Gasteiger partial charge is 0.391 e. The van der Waals surface area contributed by atoms with Gasteiger partial charge in [-0.2, -0.15) is 0 Å². The summed E-state index contributed by atoms with van der Waals surface area (Å²) in [5.74, 6) is 0.179. The minimum absolute atomic E-state index is 0.0860. The molecule has 5 nitrogen and oxygen atoms in total. The van der Waals surface area contributed by atoms with Crippen LogP contribution in [0.4, 0.5) is 0 Å². The van der Waals surface area contributed by atoms with Gasteiger partial charge in [0.05, 0.1) is 12.6 Å². The van der Waals surface area contributed by atoms with Crippen molar-refractivity contribution in [1.82, 2.24) is 14.7 Å². The van der Waals surface area contributed by atoms with E-state index in [1.165, 1.54) is 0 Å². The third-order valence-electron chi connectivity index (χ3n) is 4.45. The van der Waals surface area contributed by atoms with E-state index < -0.39 is 0 Å². The predicted octanol–water partition coefficient (Wildman–Crippen LogP) is 1.44. The Hall–Kier alpha value is -0.910. The monoisotopic (exact) mass is 325 g/mol. The minimum Gasteiger partial charge on any atom is -0.391 e. The van der Waals surface area contributed by atoms with Crippen LogP contribution in [0.15, 0.2) is 12.2 Å². The summed E-state index contributed by atoms with van der Waals surface area (Å²) in [6.07, 6.45) is -0.318. The van der Waals surface area contributed by atoms with Crippen molar-refractivity contribution in [2.24, 2.45) is 5.41 Å². The zero-order valence-corrected chi connectivity index (χ0v) is 15.6. The van der Waals surface area contributed by atoms with Crippen LogP contribution >= 0.6 is 0 Å². The van der Waals surface area contributed by atoms with Gasteiger partial charge in [-0.3, -0.25) is 14.6 Å². The Morgan fingerprint density at radius 2 is 1.74 bits per heavy atom. The number of carbonyl (C=O) groups excluding carboxylic acids is 1. The molecule has 0 saturated carbocycles. The van der Waals surface area contributed by atoms with Gasteiger partial charge in [-0.25, -0.2) is 0 Å². The Balaban J connectivity index is 2.38. The minimum atomic E-state index is -0.318. The number of likely N-dealkylation sites (N-methyl/N-ethyl adjacent to an activating group) is 1. The van der Waals surface area contributed by atoms with Crippen molar-refractivity contribution in [2.75, 3.05) is 52.4 Å². The van der Waals surface area contributed by atoms with E-state index in [1.807, 2.05) is 18.7 Å². The van der Waals surface area contributed by atoms with Crippen LogP contribution in [0.2, 0.25) is 0 Å². The number of aliphatic hydroxyl groups is 1. The molecule has 0 radical (unpaired) electrons. The molecule has 1 amide bonds. The molecule has 1 N–H and O–H groups in total. The normalized spacial score (nSPS) is 18.7. The number of aliphatic hydroxyl groups excluding tert-OH is 1. The first-order valence-electron chi connectivity index (χ1n) is 8.68. The lowest BCUT2D eigenvalue weighted by molar-refractivity contribution is -0.132. The highest BCUT2D eigenvalue weighted by atomic mass is 16.3. The number of nitrogens with zero attached hydrogens (tertiary/aromatic N) is 3. The second kappa shape index (κ2) is 8.81. The van der Waals surface area contributed by atoms with Gasteiger partial charge in [-0.05, 0) is 19.3 Å². The molecule has 0 bridgehead atoms. The molecule has 1 saturated heterocycles. The summed E-state index contributed by atoms with van der Waals surface area (Å²) < 4.78 is 0. The molecule has 0 aliphatic carbocycles. The van der Waals surface area contributed by atoms with Crippen LogP contribution in [0.25, 0.3) is 0 Å². The standard InChI is InChI=1S/C18H35N3O2/c1-7-21(12-15(2)3)17(23)14-20-10-8-19(9-11-20)13-16(22)18(4,5)6/h16,22H,2,7-14H2,1,3-6H3/t16-/m0/s1. The molecule has 134 valence electrons. The lowest BCUT2D eigenvalue weighted by Gasteiger charge is -2.38. The number of hydrogen-bond donors (Lipinski definition) is 1. The predicted molar refractivity (Wildman–Crippen MR) is 95.4 cm³/mol. The number of amides is 1. The van der Waals surface area contributed by atoms with E-state index in [-0.39, 0.29) is 17.4 Å². The average molecular weight is 325 g/mol. The van der Waals surface area contributed by atoms with E-state index in [0.29, 0.717) is 19.6 Å². The highest BCUT2D eigenvalue weighted by Gasteiger charge is 2.27. The van der Waals surface area contributed by atoms with Crippen LogP contribution in [0.1, 0.15) is 34.6 Å². The molecule has 0 aromatic heterocycles. The number of rotatable bonds is 7. The second-order valence-electron chi connectivity index (χ2n) is 7.82. The van der Waals surface area contributed by atoms with E-state index in [2.05, 4.69) is 37.1 Å². The molecule has 1 atom stereocenters. The fraction of sp³-hybridized carbons (Fsp3) is 0.833. The molecular weight excluding hydrogens is 290 g/mol. The maximum absolute atomic E-state index is 12.4. The van der Waals surface area contributed by atoms with Crippen LogP contribution in [0.5, 0.6) is 0 Å². The molecule has 1 heterocycles. The number of carbonyl (C=O) groups is 1. The van der Waals surface area contributed by atoms with Crippen molar-refractivity contribution in [3.05, 3.63) is 12.2 Å². The summed E-state index contributed by atoms with van der Waals surface area (Å²) in [6, 6.07) is 0. The summed E-state index contributed by atoms with van der Waals surface area (Å²) in [6.45, 7) is 20.2. The topological polar surface area (TPSA) is 47.0 Å². The van der Waals surface area contributed by atoms with E-state index in [1.54, 1.807) is 0 Å². The van der Waals surface area contributed by atoms with Gasteiger partial charge < -0.3 is 10.0 Å². The number of β-amino-alcohol motifs (C(OH)–C–C–N with tert-alkyl or cyclic N) is 1. The van der Waals surface area contributed by atoms with E-state index in [0.717, 1.165) is 38.3 Å². The maximum atomic E-state index is 12.4. The first kappa shape index (κ1) is 20.1. The summed E-state index contributed by atoms with van der Waals surface area (Å²) in [5.41, 5.74) is 0.929. The van der Waals surface area contributed by atoms with Crippen LogP contribution in [0, 0.1) is 5.41 Å². The molecule has 23 heavy (non-hydrogen) atoms. The third-order valence-corrected chi connectivity index (χ3v) is 4.45. The van der Waals surface area contributed by atoms with E-state index >= 15 is 0 Å². The fourth-order valence-corrected chi connectivity index (χ4v) is 2.64. The molecule has 1 fully saturated rings. The highest BCUT2D eigenvalue weighted by molar-refractivity contribution is 5.78. The van der Waals surface area contributed by atoms with Crippen LogP contribution in [0.3, 0.4) is 0 Å². The Kier molecular flexibility index (Phi) is 7.71. The summed E-state index contributed by atoms with van der Waals surface area (Å²) in [4.78, 5) is 18.7. The lowest BCUT2D eigenvalue weighted by atomic mass is 9.89. The molecule has 0 aromatic carbocycles. The van der Waals surface area contributed by atoms with E-state index in [4.69, 9.17) is 0 Å². The third kappa shape index (κ3) is 7.02. The molecule has 5 heteroatoms. The first-order valence-corrected chi connectivity index (χ1v) is 8.68. The Bertz CT molecular complexity index is 396. The average Bonchev–Trinajstić information content (AvgIpc) is 2.45. The van der Waals surface area contributed by atoms with Gasteiger partial charge >= 0.3 is 0 Å². The van der Waals surface area contributed by atoms with Gasteiger partial charge in [0.25, 0.3) is 0 Å². The summed E-state index contributed by atoms with van der Waals surface area (Å²) in [7, 11) is 0. The maximum Gasteiger partial charge on any atom is 0.237 e. The smallest absolute Gasteiger partial charge is 0.237 e. The van der Waals surface area contributed by atoms with Crippen molar-refractivity contribution in [3.63, 3.8) is 0 Å². The summed E-state index contributed by atoms with van der Waals surface area (Å²) >= 11 is 0. The molecule has 1 aliphatic heterocycles. The van der Waals surface area contributed by atoms with Crippen molar-refractivity contribution < 1.29 is 9.90 Å². The molecule has 0 aromatic rings. The van der Waals surface area contributed by atoms with Crippen LogP contribution < -0.4 is 0 Å². The first-order chi connectivity index (χ1) is 10.6. The molecule has 0 spiro atoms. The van der Waals surface area contributed by atoms with Crippen molar-refractivity contribution in [1.29, 1.82) is 0 Å². The number of piperazine rings is 1. The zero-order valence-electron chi connectivity index (χ0n) is 15.6. The Labute approximate surface area is 141 Å². The molecular formula is C18H35N3O2. The van der Waals surface area contributed by atoms with Crippen LogP contribution in [-0.2, 0) is 4.79 Å². The number of hydrogen-bond acceptors (Lipinski definition) is 4. The Morgan fingerprint density at radius 1 is 1.22 bits per heavy atom. The van der Waals surface area contributed by atoms with Crippen molar-refractivity contribution in [2.45, 2.75) is 40.7 Å². The van der Waals surface area contributed by atoms with Gasteiger partial charge in [-0.1, -0.05) is 32.9 Å². The van der Waals surface area contributed by atoms with Gasteiger partial charge in [0, 0.05) is 45.8 Å². The Morgan fingerprint density at radius 3 is 2.17 bits per heavy atom. The quantitative estimate of drug-likeness (QED) is 0.720. The highest BCUT2D eigenvalue weighted by Crippen LogP contribution is 2.20. The molecule has 1 rings (SSSR count). The van der Waals surface area contributed by atoms with Crippen LogP contribution in [-0.4, -0.2) is 84.2 Å². The second-order valence-corrected chi connectivity index (χ2v) is 7.82. The molecule has 0 unspecified atom stereocenters. The van der Waals surface area contributed by atoms with E-state index in [9.17, 15) is 9.90 Å². The molecule has 1 aliphatic rings. The van der Waals surface area contributed by atoms with Crippen molar-refractivity contribution in [3.8, 4) is 0 Å². The van der Waals surface area contributed by atoms with Gasteiger partial charge in [0.2, 0.25) is 5.91 Å². The van der Waals surface area contributed by atoms with Gasteiger partial charge in [-0.15, -0.1) is 0 Å². The van der Waals surface area contributed by atoms with Gasteiger partial charge in [0.1, 0.15) is 0 Å². The fourth-order valence-electron chi connectivity index (χ4n) is 2.64. The lowest BCUT2D eigenvalue weighted by Crippen LogP contribution is -2.52. The SMILES string of the molecule is C=C(C)CN(CC)C(=O)CN1CCN(C[C@H](O)C(C)(C)C)CC1. The zero-order chi connectivity index (χ0) is 17.6. The summed E-state index contributed by atoms with van der Waals surface area (Å²) in [5, 5.41) is 10.2.